The van der Waals surface area contributed by atoms with Crippen LogP contribution in [0.15, 0.2) is 0 Å². The predicted molar refractivity (Wildman–Crippen MR) is 222 cm³/mol. The van der Waals surface area contributed by atoms with Crippen molar-refractivity contribution in [2.75, 3.05) is 27.4 Å². The molecule has 2 amide bonds. The lowest BCUT2D eigenvalue weighted by Crippen LogP contribution is -4.29. The van der Waals surface area contributed by atoms with Crippen LogP contribution in [0.3, 0.4) is 0 Å². The van der Waals surface area contributed by atoms with E-state index in [4.69, 9.17) is 51.6 Å². The fourth-order valence-electron chi connectivity index (χ4n) is 6.25. The van der Waals surface area contributed by atoms with Gasteiger partial charge in [0.15, 0.2) is 31.1 Å². The number of halogens is 4. The van der Waals surface area contributed by atoms with E-state index in [-0.39, 0.29) is 36.5 Å². The molecule has 0 aromatic rings. The lowest BCUT2D eigenvalue weighted by atomic mass is 9.92. The number of hydrogen-bond donors (Lipinski definition) is 10. The van der Waals surface area contributed by atoms with E-state index in [1.807, 2.05) is 0 Å². The molecule has 0 aliphatic carbocycles. The Morgan fingerprint density at radius 1 is 0.750 bits per heavy atom. The van der Waals surface area contributed by atoms with E-state index in [1.165, 1.54) is 13.8 Å². The average Bonchev–Trinajstić information content (AvgIpc) is 3.20. The first kappa shape index (κ1) is 65.5. The number of nitrogens with one attached hydrogen (secondary N) is 2. The summed E-state index contributed by atoms with van der Waals surface area (Å²) in [6.45, 7) is 4.48. The van der Waals surface area contributed by atoms with E-state index in [1.54, 1.807) is 13.8 Å². The van der Waals surface area contributed by atoms with Gasteiger partial charge in [-0.25, -0.2) is 9.59 Å². The molecule has 18 unspecified atom stereocenters. The van der Waals surface area contributed by atoms with Crippen LogP contribution in [0.25, 0.3) is 0 Å². The van der Waals surface area contributed by atoms with Crippen molar-refractivity contribution in [3.8, 4) is 0 Å². The molecule has 28 nitrogen and oxygen atoms in total. The van der Waals surface area contributed by atoms with Crippen LogP contribution in [-0.2, 0) is 66.7 Å². The summed E-state index contributed by atoms with van der Waals surface area (Å²) in [7, 11) is 2.24. The third-order valence-corrected chi connectivity index (χ3v) is 9.02. The van der Waals surface area contributed by atoms with E-state index in [0.717, 1.165) is 14.2 Å². The lowest BCUT2D eigenvalue weighted by Gasteiger charge is -2.47. The number of carbonyl (C=O) groups is 6. The maximum Gasteiger partial charge on any atom is 0.336 e. The third-order valence-electron chi connectivity index (χ3n) is 9.02. The number of methoxy groups -OCH3 is 2. The van der Waals surface area contributed by atoms with Crippen molar-refractivity contribution < 1.29 is 141 Å². The molecular weight excluding hydrogens is 1340 g/mol. The van der Waals surface area contributed by atoms with Crippen LogP contribution in [0.2, 0.25) is 0 Å². The zero-order valence-electron chi connectivity index (χ0n) is 34.4. The summed E-state index contributed by atoms with van der Waals surface area (Å²) in [6, 6.07) is -1.83. The molecule has 3 rings (SSSR count). The smallest absolute Gasteiger partial charge is 0.336 e. The molecule has 0 aromatic heterocycles. The number of hydrogen-bond acceptors (Lipinski definition) is 24. The van der Waals surface area contributed by atoms with Gasteiger partial charge in [-0.15, -0.1) is 24.0 Å². The Bertz CT molecular complexity index is 1420. The Labute approximate surface area is 411 Å². The number of carboxylic acid groups (broad SMARTS) is 2. The fourth-order valence-corrected chi connectivity index (χ4v) is 6.25. The number of rotatable bonds is 17. The molecule has 3 fully saturated rings. The number of carbonyl (C=O) groups excluding carboxylic acids is 4. The van der Waals surface area contributed by atoms with Crippen molar-refractivity contribution in [2.24, 2.45) is 0 Å². The maximum atomic E-state index is 11.5. The van der Waals surface area contributed by atoms with Gasteiger partial charge in [0.2, 0.25) is 18.1 Å². The number of aldehydes is 2. The Balaban J connectivity index is 0. The molecule has 3 saturated heterocycles. The molecule has 3 aliphatic heterocycles. The van der Waals surface area contributed by atoms with Crippen molar-refractivity contribution >= 4 is 97.5 Å². The van der Waals surface area contributed by atoms with Gasteiger partial charge in [0.25, 0.3) is 0 Å². The summed E-state index contributed by atoms with van der Waals surface area (Å²) >= 11 is -1.70. The molecule has 0 radical (unpaired) electrons. The summed E-state index contributed by atoms with van der Waals surface area (Å²) in [6.07, 6.45) is -21.8. The highest BCUT2D eigenvalue weighted by molar-refractivity contribution is 15.0. The van der Waals surface area contributed by atoms with Crippen LogP contribution in [-0.4, -0.2) is 215 Å². The first-order valence-electron chi connectivity index (χ1n) is 17.9. The molecule has 3 heterocycles. The first-order valence-corrected chi connectivity index (χ1v) is 27.7. The van der Waals surface area contributed by atoms with Crippen molar-refractivity contribution in [3.63, 3.8) is 0 Å². The van der Waals surface area contributed by atoms with Gasteiger partial charge in [0.05, 0.1) is 37.5 Å². The van der Waals surface area contributed by atoms with E-state index in [0.29, 0.717) is 0 Å². The zero-order chi connectivity index (χ0) is 49.1. The summed E-state index contributed by atoms with van der Waals surface area (Å²) < 4.78 is 76.3. The first-order chi connectivity index (χ1) is 29.3. The number of aliphatic carboxylic acids is 2. The molecule has 0 saturated carbocycles. The Morgan fingerprint density at radius 2 is 1.19 bits per heavy atom. The number of ether oxygens (including phenoxy) is 8. The SMILES string of the molecule is COC(C=O)C(OC(C=O)OC1C(O)C(CO)OC(C)C1NC(C)=O)C(=O)O.COC1C(C(=O)O)OC(OC2C(O)C(CO)OC(C)C2NC(C)=O)C(O)C1O.I.II.[O-][I+3]([O-])([O-])[O-]. The summed E-state index contributed by atoms with van der Waals surface area (Å²) in [5.41, 5.74) is 0. The van der Waals surface area contributed by atoms with Gasteiger partial charge < -0.3 is 94.2 Å². The second kappa shape index (κ2) is 32.3. The van der Waals surface area contributed by atoms with Crippen LogP contribution in [0.4, 0.5) is 0 Å². The Morgan fingerprint density at radius 3 is 1.53 bits per heavy atom. The largest absolute Gasteiger partial charge is 0.479 e. The van der Waals surface area contributed by atoms with E-state index < -0.39 is 167 Å². The van der Waals surface area contributed by atoms with Gasteiger partial charge in [0, 0.05) is 65.3 Å². The minimum Gasteiger partial charge on any atom is -0.479 e. The van der Waals surface area contributed by atoms with E-state index in [9.17, 15) is 69.6 Å². The molecule has 0 aromatic carbocycles. The molecule has 10 N–H and O–H groups in total. The van der Waals surface area contributed by atoms with Crippen LogP contribution in [0.1, 0.15) is 27.7 Å². The Kier molecular flexibility index (Phi) is 33.0. The van der Waals surface area contributed by atoms with Gasteiger partial charge in [-0.2, -0.15) is 0 Å². The highest BCUT2D eigenvalue weighted by atomic mass is 128. The molecule has 376 valence electrons. The van der Waals surface area contributed by atoms with Crippen molar-refractivity contribution in [1.29, 1.82) is 0 Å². The molecular formula is C32H53I4N2O26-. The molecule has 18 atom stereocenters. The van der Waals surface area contributed by atoms with Crippen molar-refractivity contribution in [1.82, 2.24) is 10.6 Å². The van der Waals surface area contributed by atoms with Gasteiger partial charge in [-0.05, 0) is 13.8 Å². The molecule has 64 heavy (non-hydrogen) atoms. The van der Waals surface area contributed by atoms with E-state index >= 15 is 0 Å². The monoisotopic (exact) mass is 1390 g/mol. The quantitative estimate of drug-likeness (QED) is 0.0367. The second-order valence-corrected chi connectivity index (χ2v) is 15.5. The topological polar surface area (TPSA) is 454 Å². The van der Waals surface area contributed by atoms with Crippen LogP contribution in [0, 0.1) is 0 Å². The molecule has 0 spiro atoms. The van der Waals surface area contributed by atoms with Gasteiger partial charge >= 0.3 is 11.9 Å². The number of aliphatic hydroxyl groups is 6. The highest BCUT2D eigenvalue weighted by Gasteiger charge is 2.53. The second-order valence-electron chi connectivity index (χ2n) is 13.3. The van der Waals surface area contributed by atoms with E-state index in [2.05, 4.69) is 47.9 Å². The fraction of sp³-hybridized carbons (Fsp3) is 0.812. The molecule has 3 aliphatic rings. The summed E-state index contributed by atoms with van der Waals surface area (Å²) in [5.74, 6) is -3.95. The normalized spacial score (nSPS) is 33.8. The van der Waals surface area contributed by atoms with Crippen LogP contribution in [0.5, 0.6) is 0 Å². The molecule has 32 heteroatoms. The van der Waals surface area contributed by atoms with Gasteiger partial charge in [0.1, 0.15) is 81.1 Å². The number of amides is 2. The van der Waals surface area contributed by atoms with Gasteiger partial charge in [-0.3, -0.25) is 28.1 Å². The highest BCUT2D eigenvalue weighted by Crippen LogP contribution is 2.30. The lowest BCUT2D eigenvalue weighted by molar-refractivity contribution is -2.00. The minimum absolute atomic E-state index is 0. The number of aliphatic hydroxyl groups excluding tert-OH is 6. The summed E-state index contributed by atoms with van der Waals surface area (Å²) in [5, 5.41) is 83.7. The minimum atomic E-state index is -5.94. The predicted octanol–water partition coefficient (Wildman–Crippen LogP) is -11.6. The zero-order valence-corrected chi connectivity index (χ0v) is 43.2. The van der Waals surface area contributed by atoms with Gasteiger partial charge in [-0.1, -0.05) is 0 Å². The third kappa shape index (κ3) is 21.0. The Hall–Kier alpha value is -0.580. The summed E-state index contributed by atoms with van der Waals surface area (Å²) in [4.78, 5) is 68.1. The maximum absolute atomic E-state index is 11.5. The number of carboxylic acids is 2. The van der Waals surface area contributed by atoms with Crippen molar-refractivity contribution in [2.45, 2.75) is 138 Å². The average molecular weight is 1390 g/mol. The van der Waals surface area contributed by atoms with Crippen LogP contribution < -0.4 is 44.5 Å². The standard InChI is InChI=1S/C16H27NO11.C16H25NO11.I2.IO4.HI/c1-5-8(17-6(2)19)12(9(20)7(4-18)26-5)27-16-11(22)10(21)13(25-3)14(28-16)15(23)24;1-7-12(17-8(2)21)15(13(22)9(4-18)26-7)28-11(6-20)27-14(16(23)24)10(5-19)25-3;1-2;2-1(3,4)5;/h5,7-14,16,18,20-22H,4H2,1-3H3,(H,17,19)(H,23,24);5-7,9-15,18,22H,4H2,1-3H3,(H,17,21)(H,23,24);;;1H/q;;;-1;. The van der Waals surface area contributed by atoms with Crippen LogP contribution >= 0.6 is 61.2 Å². The van der Waals surface area contributed by atoms with Crippen molar-refractivity contribution in [3.05, 3.63) is 0 Å². The molecule has 0 bridgehead atoms.